The lowest BCUT2D eigenvalue weighted by atomic mass is 10.0. The summed E-state index contributed by atoms with van der Waals surface area (Å²) in [5.74, 6) is 0.623. The van der Waals surface area contributed by atoms with Gasteiger partial charge in [0.15, 0.2) is 0 Å². The highest BCUT2D eigenvalue weighted by Gasteiger charge is 2.25. The van der Waals surface area contributed by atoms with Crippen molar-refractivity contribution in [1.82, 2.24) is 4.90 Å². The van der Waals surface area contributed by atoms with Crippen molar-refractivity contribution >= 4 is 34.2 Å². The number of fused-ring (bicyclic) bond motifs is 3. The first-order valence-corrected chi connectivity index (χ1v) is 10.7. The molecule has 1 aromatic heterocycles. The lowest BCUT2D eigenvalue weighted by Crippen LogP contribution is -2.34. The van der Waals surface area contributed by atoms with Gasteiger partial charge in [0.05, 0.1) is 10.6 Å². The maximum Gasteiger partial charge on any atom is 0.336 e. The van der Waals surface area contributed by atoms with Gasteiger partial charge in [-0.2, -0.15) is 0 Å². The van der Waals surface area contributed by atoms with Gasteiger partial charge in [0, 0.05) is 29.6 Å². The smallest absolute Gasteiger partial charge is 0.336 e. The molecule has 1 aliphatic rings. The summed E-state index contributed by atoms with van der Waals surface area (Å²) < 4.78 is 11.6. The van der Waals surface area contributed by atoms with Crippen molar-refractivity contribution in [3.63, 3.8) is 0 Å². The number of ether oxygens (including phenoxy) is 1. The van der Waals surface area contributed by atoms with Crippen LogP contribution in [0.3, 0.4) is 0 Å². The Morgan fingerprint density at radius 1 is 1.10 bits per heavy atom. The van der Waals surface area contributed by atoms with Crippen LogP contribution in [0, 0.1) is 0 Å². The summed E-state index contributed by atoms with van der Waals surface area (Å²) in [6, 6.07) is 11.3. The molecule has 0 radical (unpaired) electrons. The van der Waals surface area contributed by atoms with Crippen LogP contribution in [-0.2, 0) is 19.4 Å². The van der Waals surface area contributed by atoms with Crippen LogP contribution in [-0.4, -0.2) is 18.2 Å². The first-order valence-electron chi connectivity index (χ1n) is 9.93. The molecule has 0 fully saturated rings. The molecule has 2 heterocycles. The van der Waals surface area contributed by atoms with Crippen LogP contribution >= 0.6 is 23.2 Å². The fraction of sp³-hybridized carbons (Fsp3) is 0.348. The van der Waals surface area contributed by atoms with Gasteiger partial charge in [-0.3, -0.25) is 4.90 Å². The first kappa shape index (κ1) is 20.3. The Bertz CT molecular complexity index is 1080. The number of unbranched alkanes of at least 4 members (excludes halogenated alkanes) is 1. The molecule has 0 saturated heterocycles. The molecule has 3 aromatic rings. The van der Waals surface area contributed by atoms with Crippen LogP contribution in [0.25, 0.3) is 11.0 Å². The number of aryl methyl sites for hydroxylation is 1. The number of nitrogens with zero attached hydrogens (tertiary/aromatic N) is 1. The van der Waals surface area contributed by atoms with E-state index < -0.39 is 0 Å². The Hall–Kier alpha value is -2.01. The highest BCUT2D eigenvalue weighted by molar-refractivity contribution is 6.33. The first-order chi connectivity index (χ1) is 14.0. The van der Waals surface area contributed by atoms with Gasteiger partial charge in [-0.1, -0.05) is 48.7 Å². The molecule has 2 aromatic carbocycles. The SMILES string of the molecule is CCCCc1cc(=O)oc2c3c(c(Cl)cc12)OCN(CCc1ccc(Cl)cc1)C3. The van der Waals surface area contributed by atoms with E-state index in [4.69, 9.17) is 32.4 Å². The zero-order chi connectivity index (χ0) is 20.4. The van der Waals surface area contributed by atoms with Gasteiger partial charge in [-0.05, 0) is 48.6 Å². The van der Waals surface area contributed by atoms with Crippen LogP contribution < -0.4 is 10.4 Å². The zero-order valence-electron chi connectivity index (χ0n) is 16.3. The van der Waals surface area contributed by atoms with E-state index >= 15 is 0 Å². The zero-order valence-corrected chi connectivity index (χ0v) is 17.9. The van der Waals surface area contributed by atoms with Crippen molar-refractivity contribution in [2.45, 2.75) is 39.2 Å². The molecule has 29 heavy (non-hydrogen) atoms. The third kappa shape index (κ3) is 4.45. The number of hydrogen-bond acceptors (Lipinski definition) is 4. The molecule has 1 aliphatic heterocycles. The molecule has 0 atom stereocenters. The molecule has 152 valence electrons. The molecule has 0 bridgehead atoms. The summed E-state index contributed by atoms with van der Waals surface area (Å²) in [5.41, 5.74) is 3.32. The van der Waals surface area contributed by atoms with E-state index in [-0.39, 0.29) is 5.63 Å². The minimum absolute atomic E-state index is 0.327. The van der Waals surface area contributed by atoms with Gasteiger partial charge in [-0.15, -0.1) is 0 Å². The third-order valence-electron chi connectivity index (χ3n) is 5.32. The highest BCUT2D eigenvalue weighted by Crippen LogP contribution is 2.39. The summed E-state index contributed by atoms with van der Waals surface area (Å²) in [6.45, 7) is 4.02. The molecule has 0 saturated carbocycles. The number of rotatable bonds is 6. The Morgan fingerprint density at radius 2 is 1.90 bits per heavy atom. The maximum absolute atomic E-state index is 12.2. The lowest BCUT2D eigenvalue weighted by molar-refractivity contribution is 0.0969. The standard InChI is InChI=1S/C23H23Cl2NO3/c1-2-3-4-16-11-21(27)29-22-18(16)12-20(25)23-19(22)13-26(14-28-23)10-9-15-5-7-17(24)8-6-15/h5-8,11-12H,2-4,9-10,13-14H2,1H3. The van der Waals surface area contributed by atoms with Crippen molar-refractivity contribution in [3.05, 3.63) is 73.6 Å². The molecular formula is C23H23Cl2NO3. The van der Waals surface area contributed by atoms with Crippen LogP contribution in [0.2, 0.25) is 10.0 Å². The van der Waals surface area contributed by atoms with Gasteiger partial charge in [0.25, 0.3) is 0 Å². The number of hydrogen-bond donors (Lipinski definition) is 0. The van der Waals surface area contributed by atoms with Crippen molar-refractivity contribution in [3.8, 4) is 5.75 Å². The van der Waals surface area contributed by atoms with Gasteiger partial charge in [-0.25, -0.2) is 4.79 Å². The van der Waals surface area contributed by atoms with Crippen LogP contribution in [0.5, 0.6) is 5.75 Å². The van der Waals surface area contributed by atoms with E-state index in [0.29, 0.717) is 29.6 Å². The van der Waals surface area contributed by atoms with E-state index in [1.54, 1.807) is 6.07 Å². The summed E-state index contributed by atoms with van der Waals surface area (Å²) >= 11 is 12.5. The predicted octanol–water partition coefficient (Wildman–Crippen LogP) is 5.84. The fourth-order valence-corrected chi connectivity index (χ4v) is 4.16. The average molecular weight is 432 g/mol. The lowest BCUT2D eigenvalue weighted by Gasteiger charge is -2.30. The minimum atomic E-state index is -0.327. The van der Waals surface area contributed by atoms with Gasteiger partial charge < -0.3 is 9.15 Å². The van der Waals surface area contributed by atoms with Crippen molar-refractivity contribution in [1.29, 1.82) is 0 Å². The van der Waals surface area contributed by atoms with Crippen LogP contribution in [0.1, 0.15) is 36.5 Å². The Kier molecular flexibility index (Phi) is 6.14. The van der Waals surface area contributed by atoms with Gasteiger partial charge >= 0.3 is 5.63 Å². The Morgan fingerprint density at radius 3 is 2.66 bits per heavy atom. The minimum Gasteiger partial charge on any atom is -0.476 e. The summed E-state index contributed by atoms with van der Waals surface area (Å²) in [5, 5.41) is 2.21. The van der Waals surface area contributed by atoms with Crippen molar-refractivity contribution < 1.29 is 9.15 Å². The van der Waals surface area contributed by atoms with Crippen LogP contribution in [0.15, 0.2) is 45.6 Å². The molecule has 4 nitrogen and oxygen atoms in total. The number of benzene rings is 2. The molecule has 0 N–H and O–H groups in total. The predicted molar refractivity (Wildman–Crippen MR) is 117 cm³/mol. The Balaban J connectivity index is 1.63. The highest BCUT2D eigenvalue weighted by atomic mass is 35.5. The van der Waals surface area contributed by atoms with E-state index in [1.165, 1.54) is 5.56 Å². The van der Waals surface area contributed by atoms with Crippen LogP contribution in [0.4, 0.5) is 0 Å². The second-order valence-electron chi connectivity index (χ2n) is 7.44. The van der Waals surface area contributed by atoms with E-state index in [9.17, 15) is 4.79 Å². The molecule has 6 heteroatoms. The average Bonchev–Trinajstić information content (AvgIpc) is 2.72. The molecule has 0 spiro atoms. The van der Waals surface area contributed by atoms with Gasteiger partial charge in [0.2, 0.25) is 0 Å². The number of halogens is 2. The largest absolute Gasteiger partial charge is 0.476 e. The maximum atomic E-state index is 12.2. The topological polar surface area (TPSA) is 42.7 Å². The molecule has 0 aliphatic carbocycles. The van der Waals surface area contributed by atoms with Crippen molar-refractivity contribution in [2.75, 3.05) is 13.3 Å². The molecular weight excluding hydrogens is 409 g/mol. The summed E-state index contributed by atoms with van der Waals surface area (Å²) in [7, 11) is 0. The normalized spacial score (nSPS) is 14.0. The van der Waals surface area contributed by atoms with E-state index in [0.717, 1.165) is 53.8 Å². The van der Waals surface area contributed by atoms with Gasteiger partial charge in [0.1, 0.15) is 18.1 Å². The molecule has 0 unspecified atom stereocenters. The second kappa shape index (κ2) is 8.78. The van der Waals surface area contributed by atoms with E-state index in [2.05, 4.69) is 11.8 Å². The van der Waals surface area contributed by atoms with Crippen molar-refractivity contribution in [2.24, 2.45) is 0 Å². The molecule has 4 rings (SSSR count). The molecule has 0 amide bonds. The summed E-state index contributed by atoms with van der Waals surface area (Å²) in [4.78, 5) is 14.4. The Labute approximate surface area is 180 Å². The van der Waals surface area contributed by atoms with E-state index in [1.807, 2.05) is 30.3 Å². The fourth-order valence-electron chi connectivity index (χ4n) is 3.75. The second-order valence-corrected chi connectivity index (χ2v) is 8.28. The third-order valence-corrected chi connectivity index (χ3v) is 5.86. The monoisotopic (exact) mass is 431 g/mol. The quantitative estimate of drug-likeness (QED) is 0.459. The summed E-state index contributed by atoms with van der Waals surface area (Å²) in [6.07, 6.45) is 3.77.